The Morgan fingerprint density at radius 1 is 1.18 bits per heavy atom. The molecule has 0 saturated carbocycles. The smallest absolute Gasteiger partial charge is 0.416 e. The molecule has 0 aliphatic carbocycles. The van der Waals surface area contributed by atoms with Crippen molar-refractivity contribution in [3.63, 3.8) is 0 Å². The summed E-state index contributed by atoms with van der Waals surface area (Å²) < 4.78 is 48.7. The molecule has 0 bridgehead atoms. The zero-order valence-corrected chi connectivity index (χ0v) is 22.1. The van der Waals surface area contributed by atoms with Crippen molar-refractivity contribution >= 4 is 46.1 Å². The molecule has 0 radical (unpaired) electrons. The molecule has 9 nitrogen and oxygen atoms in total. The number of anilines is 3. The summed E-state index contributed by atoms with van der Waals surface area (Å²) in [5, 5.41) is 5.80. The summed E-state index contributed by atoms with van der Waals surface area (Å²) in [5.74, 6) is 0.883. The summed E-state index contributed by atoms with van der Waals surface area (Å²) in [4.78, 5) is 26.2. The molecule has 1 saturated heterocycles. The van der Waals surface area contributed by atoms with Gasteiger partial charge in [-0.15, -0.1) is 0 Å². The van der Waals surface area contributed by atoms with Crippen molar-refractivity contribution in [3.05, 3.63) is 58.9 Å². The molecule has 0 spiro atoms. The highest BCUT2D eigenvalue weighted by molar-refractivity contribution is 6.36. The SMILES string of the molecule is CC(=O)Nc1cc(Oc2cnc3nc(Nc4cc([C@H]5CCCN5C)cc(C(F)(F)F)c4)n(C)c3c2Cl)ccn1. The zero-order chi connectivity index (χ0) is 27.9. The lowest BCUT2D eigenvalue weighted by molar-refractivity contribution is -0.137. The predicted octanol–water partition coefficient (Wildman–Crippen LogP) is 6.30. The Morgan fingerprint density at radius 2 is 1.97 bits per heavy atom. The van der Waals surface area contributed by atoms with Crippen molar-refractivity contribution in [2.45, 2.75) is 32.0 Å². The summed E-state index contributed by atoms with van der Waals surface area (Å²) >= 11 is 6.66. The van der Waals surface area contributed by atoms with Gasteiger partial charge in [0.1, 0.15) is 22.1 Å². The van der Waals surface area contributed by atoms with E-state index in [0.717, 1.165) is 25.5 Å². The third kappa shape index (κ3) is 5.62. The number of hydrogen-bond donors (Lipinski definition) is 2. The van der Waals surface area contributed by atoms with Crippen LogP contribution in [0.4, 0.5) is 30.6 Å². The van der Waals surface area contributed by atoms with Gasteiger partial charge in [-0.2, -0.15) is 18.2 Å². The Balaban J connectivity index is 1.47. The van der Waals surface area contributed by atoms with Gasteiger partial charge in [-0.3, -0.25) is 9.69 Å². The Kier molecular flexibility index (Phi) is 7.08. The summed E-state index contributed by atoms with van der Waals surface area (Å²) in [6.07, 6.45) is 0.0838. The maximum Gasteiger partial charge on any atom is 0.416 e. The number of rotatable bonds is 6. The average Bonchev–Trinajstić information content (AvgIpc) is 3.43. The third-order valence-corrected chi connectivity index (χ3v) is 6.88. The Bertz CT molecular complexity index is 1560. The fourth-order valence-corrected chi connectivity index (χ4v) is 4.99. The van der Waals surface area contributed by atoms with Gasteiger partial charge in [0.15, 0.2) is 11.4 Å². The number of aryl methyl sites for hydroxylation is 1. The van der Waals surface area contributed by atoms with E-state index in [2.05, 4.69) is 30.5 Å². The molecule has 4 heterocycles. The van der Waals surface area contributed by atoms with E-state index in [1.807, 2.05) is 7.05 Å². The third-order valence-electron chi connectivity index (χ3n) is 6.51. The highest BCUT2D eigenvalue weighted by atomic mass is 35.5. The van der Waals surface area contributed by atoms with Crippen LogP contribution in [0.25, 0.3) is 11.2 Å². The first-order valence-corrected chi connectivity index (χ1v) is 12.5. The van der Waals surface area contributed by atoms with E-state index in [9.17, 15) is 18.0 Å². The van der Waals surface area contributed by atoms with Crippen molar-refractivity contribution in [1.82, 2.24) is 24.4 Å². The second-order valence-corrected chi connectivity index (χ2v) is 9.75. The van der Waals surface area contributed by atoms with Crippen molar-refractivity contribution < 1.29 is 22.7 Å². The van der Waals surface area contributed by atoms with Gasteiger partial charge in [0, 0.05) is 38.0 Å². The van der Waals surface area contributed by atoms with E-state index in [-0.39, 0.29) is 40.0 Å². The number of nitrogens with one attached hydrogen (secondary N) is 2. The number of carbonyl (C=O) groups excluding carboxylic acids is 1. The van der Waals surface area contributed by atoms with Gasteiger partial charge in [-0.25, -0.2) is 9.97 Å². The van der Waals surface area contributed by atoms with Crippen molar-refractivity contribution in [1.29, 1.82) is 0 Å². The second-order valence-electron chi connectivity index (χ2n) is 9.37. The van der Waals surface area contributed by atoms with Gasteiger partial charge in [0.05, 0.1) is 11.8 Å². The largest absolute Gasteiger partial charge is 0.454 e. The van der Waals surface area contributed by atoms with E-state index < -0.39 is 11.7 Å². The predicted molar refractivity (Wildman–Crippen MR) is 141 cm³/mol. The van der Waals surface area contributed by atoms with Gasteiger partial charge in [0.2, 0.25) is 11.9 Å². The molecule has 1 aliphatic heterocycles. The summed E-state index contributed by atoms with van der Waals surface area (Å²) in [5.41, 5.74) is 0.830. The van der Waals surface area contributed by atoms with E-state index in [1.165, 1.54) is 31.5 Å². The number of halogens is 4. The van der Waals surface area contributed by atoms with Crippen LogP contribution < -0.4 is 15.4 Å². The number of benzene rings is 1. The molecule has 0 unspecified atom stereocenters. The minimum atomic E-state index is -4.50. The average molecular weight is 560 g/mol. The minimum absolute atomic E-state index is 0.0940. The van der Waals surface area contributed by atoms with Crippen molar-refractivity contribution in [2.75, 3.05) is 24.2 Å². The van der Waals surface area contributed by atoms with Crippen LogP contribution in [-0.2, 0) is 18.0 Å². The Labute approximate surface area is 227 Å². The number of likely N-dealkylation sites (tertiary alicyclic amines) is 1. The van der Waals surface area contributed by atoms with Gasteiger partial charge < -0.3 is 19.9 Å². The highest BCUT2D eigenvalue weighted by Gasteiger charge is 2.33. The summed E-state index contributed by atoms with van der Waals surface area (Å²) in [7, 11) is 3.59. The molecule has 1 amide bonds. The number of carbonyl (C=O) groups is 1. The van der Waals surface area contributed by atoms with E-state index in [1.54, 1.807) is 23.7 Å². The molecule has 1 aromatic carbocycles. The monoisotopic (exact) mass is 559 g/mol. The molecule has 39 heavy (non-hydrogen) atoms. The fourth-order valence-electron chi connectivity index (χ4n) is 4.69. The maximum absolute atomic E-state index is 13.8. The number of alkyl halides is 3. The molecule has 5 rings (SSSR count). The normalized spacial score (nSPS) is 16.0. The maximum atomic E-state index is 13.8. The van der Waals surface area contributed by atoms with Crippen LogP contribution in [-0.4, -0.2) is 43.9 Å². The topological polar surface area (TPSA) is 97.2 Å². The Morgan fingerprint density at radius 3 is 2.67 bits per heavy atom. The summed E-state index contributed by atoms with van der Waals surface area (Å²) in [6.45, 7) is 2.20. The lowest BCUT2D eigenvalue weighted by Gasteiger charge is -2.22. The number of hydrogen-bond acceptors (Lipinski definition) is 7. The van der Waals surface area contributed by atoms with Crippen LogP contribution in [0, 0.1) is 0 Å². The lowest BCUT2D eigenvalue weighted by Crippen LogP contribution is -2.18. The number of aromatic nitrogens is 4. The number of ether oxygens (including phenoxy) is 1. The molecule has 204 valence electrons. The fraction of sp³-hybridized carbons (Fsp3) is 0.308. The zero-order valence-electron chi connectivity index (χ0n) is 21.3. The van der Waals surface area contributed by atoms with E-state index in [0.29, 0.717) is 22.6 Å². The van der Waals surface area contributed by atoms with Gasteiger partial charge in [-0.05, 0) is 56.3 Å². The van der Waals surface area contributed by atoms with E-state index in [4.69, 9.17) is 16.3 Å². The van der Waals surface area contributed by atoms with E-state index >= 15 is 0 Å². The minimum Gasteiger partial charge on any atom is -0.454 e. The van der Waals surface area contributed by atoms with Crippen LogP contribution in [0.2, 0.25) is 5.02 Å². The molecule has 1 aliphatic rings. The molecular weight excluding hydrogens is 535 g/mol. The molecule has 13 heteroatoms. The lowest BCUT2D eigenvalue weighted by atomic mass is 10.0. The first kappa shape index (κ1) is 26.7. The molecule has 2 N–H and O–H groups in total. The van der Waals surface area contributed by atoms with Crippen molar-refractivity contribution in [2.24, 2.45) is 7.05 Å². The standard InChI is InChI=1S/C26H25ClF3N7O2/c1-14(38)33-21-12-18(6-7-31-21)39-20-13-32-24-23(22(20)27)37(3)25(35-24)34-17-10-15(19-5-4-8-36(19)2)9-16(11-17)26(28,29)30/h6-7,9-13,19H,4-5,8H2,1-3H3,(H,31,33,38)(H,32,34,35)/t19-/m1/s1. The summed E-state index contributed by atoms with van der Waals surface area (Å²) in [6, 6.07) is 7.03. The second kappa shape index (κ2) is 10.3. The Hall–Kier alpha value is -3.90. The van der Waals surface area contributed by atoms with Crippen LogP contribution in [0.15, 0.2) is 42.7 Å². The highest BCUT2D eigenvalue weighted by Crippen LogP contribution is 2.39. The molecule has 4 aromatic rings. The first-order valence-electron chi connectivity index (χ1n) is 12.1. The van der Waals surface area contributed by atoms with Crippen LogP contribution in [0.3, 0.4) is 0 Å². The molecular formula is C26H25ClF3N7O2. The van der Waals surface area contributed by atoms with Crippen LogP contribution in [0.5, 0.6) is 11.5 Å². The number of nitrogens with zero attached hydrogens (tertiary/aromatic N) is 5. The van der Waals surface area contributed by atoms with Crippen LogP contribution >= 0.6 is 11.6 Å². The van der Waals surface area contributed by atoms with Gasteiger partial charge >= 0.3 is 6.18 Å². The van der Waals surface area contributed by atoms with Gasteiger partial charge in [-0.1, -0.05) is 11.6 Å². The number of fused-ring (bicyclic) bond motifs is 1. The molecule has 1 atom stereocenters. The molecule has 3 aromatic heterocycles. The number of imidazole rings is 1. The van der Waals surface area contributed by atoms with Gasteiger partial charge in [0.25, 0.3) is 0 Å². The first-order chi connectivity index (χ1) is 18.5. The van der Waals surface area contributed by atoms with Crippen molar-refractivity contribution in [3.8, 4) is 11.5 Å². The van der Waals surface area contributed by atoms with Crippen LogP contribution in [0.1, 0.15) is 36.9 Å². The molecule has 1 fully saturated rings. The quantitative estimate of drug-likeness (QED) is 0.286. The number of amides is 1. The number of pyridine rings is 2.